The van der Waals surface area contributed by atoms with E-state index in [4.69, 9.17) is 4.74 Å². The van der Waals surface area contributed by atoms with E-state index < -0.39 is 0 Å². The lowest BCUT2D eigenvalue weighted by Crippen LogP contribution is -2.08. The molecule has 0 saturated carbocycles. The molecule has 0 amide bonds. The molecule has 0 unspecified atom stereocenters. The van der Waals surface area contributed by atoms with E-state index in [1.807, 2.05) is 24.3 Å². The number of ether oxygens (including phenoxy) is 1. The molecule has 0 atom stereocenters. The summed E-state index contributed by atoms with van der Waals surface area (Å²) < 4.78 is 5.89. The topological polar surface area (TPSA) is 55.0 Å². The first-order valence-electron chi connectivity index (χ1n) is 5.59. The highest BCUT2D eigenvalue weighted by Crippen LogP contribution is 2.26. The Morgan fingerprint density at radius 2 is 2.17 bits per heavy atom. The molecular weight excluding hydrogens is 296 g/mol. The van der Waals surface area contributed by atoms with E-state index in [1.54, 1.807) is 0 Å². The van der Waals surface area contributed by atoms with E-state index in [0.29, 0.717) is 16.1 Å². The summed E-state index contributed by atoms with van der Waals surface area (Å²) in [5, 5.41) is 0. The monoisotopic (exact) mass is 308 g/mol. The Balaban J connectivity index is 2.31. The van der Waals surface area contributed by atoms with Gasteiger partial charge in [-0.2, -0.15) is 0 Å². The average Bonchev–Trinajstić information content (AvgIpc) is 2.35. The van der Waals surface area contributed by atoms with Gasteiger partial charge >= 0.3 is 0 Å². The van der Waals surface area contributed by atoms with Crippen LogP contribution in [-0.2, 0) is 0 Å². The summed E-state index contributed by atoms with van der Waals surface area (Å²) in [5.74, 6) is 1.35. The van der Waals surface area contributed by atoms with Crippen LogP contribution in [0.25, 0.3) is 0 Å². The number of H-pyrrole nitrogens is 1. The number of aromatic amines is 1. The van der Waals surface area contributed by atoms with Crippen molar-refractivity contribution >= 4 is 15.9 Å². The zero-order valence-corrected chi connectivity index (χ0v) is 11.7. The lowest BCUT2D eigenvalue weighted by molar-refractivity contribution is 0.456. The van der Waals surface area contributed by atoms with Gasteiger partial charge in [-0.1, -0.05) is 26.0 Å². The fourth-order valence-corrected chi connectivity index (χ4v) is 1.78. The van der Waals surface area contributed by atoms with Crippen molar-refractivity contribution in [2.75, 3.05) is 0 Å². The molecule has 1 aromatic carbocycles. The predicted molar refractivity (Wildman–Crippen MR) is 73.2 cm³/mol. The van der Waals surface area contributed by atoms with E-state index in [2.05, 4.69) is 39.7 Å². The maximum atomic E-state index is 11.4. The van der Waals surface area contributed by atoms with Crippen LogP contribution < -0.4 is 10.3 Å². The van der Waals surface area contributed by atoms with Gasteiger partial charge in [-0.05, 0) is 39.5 Å². The van der Waals surface area contributed by atoms with Crippen LogP contribution in [-0.4, -0.2) is 9.97 Å². The number of benzene rings is 1. The second-order valence-electron chi connectivity index (χ2n) is 4.18. The molecule has 2 aromatic rings. The first-order chi connectivity index (χ1) is 8.58. The quantitative estimate of drug-likeness (QED) is 0.945. The number of nitrogens with zero attached hydrogens (tertiary/aromatic N) is 1. The number of nitrogens with one attached hydrogen (secondary N) is 1. The molecule has 94 valence electrons. The van der Waals surface area contributed by atoms with Crippen LogP contribution in [0, 0.1) is 0 Å². The Morgan fingerprint density at radius 3 is 2.89 bits per heavy atom. The fourth-order valence-electron chi connectivity index (χ4n) is 1.49. The summed E-state index contributed by atoms with van der Waals surface area (Å²) >= 11 is 3.15. The highest BCUT2D eigenvalue weighted by atomic mass is 79.9. The summed E-state index contributed by atoms with van der Waals surface area (Å²) in [6.45, 7) is 4.22. The Morgan fingerprint density at radius 1 is 1.39 bits per heavy atom. The summed E-state index contributed by atoms with van der Waals surface area (Å²) in [4.78, 5) is 17.8. The van der Waals surface area contributed by atoms with Gasteiger partial charge < -0.3 is 9.72 Å². The highest BCUT2D eigenvalue weighted by molar-refractivity contribution is 9.10. The molecule has 0 bridgehead atoms. The zero-order valence-electron chi connectivity index (χ0n) is 10.1. The van der Waals surface area contributed by atoms with Crippen molar-refractivity contribution in [3.05, 3.63) is 51.0 Å². The fraction of sp³-hybridized carbons (Fsp3) is 0.231. The molecule has 1 aromatic heterocycles. The second kappa shape index (κ2) is 5.35. The maximum Gasteiger partial charge on any atom is 0.268 e. The molecule has 0 spiro atoms. The van der Waals surface area contributed by atoms with E-state index in [1.165, 1.54) is 11.9 Å². The van der Waals surface area contributed by atoms with Gasteiger partial charge in [-0.25, -0.2) is 4.98 Å². The summed E-state index contributed by atoms with van der Waals surface area (Å²) in [5.41, 5.74) is 0.911. The Labute approximate surface area is 113 Å². The van der Waals surface area contributed by atoms with Gasteiger partial charge in [-0.3, -0.25) is 4.79 Å². The maximum absolute atomic E-state index is 11.4. The standard InChI is InChI=1S/C13H13BrN2O2/c1-8(2)9-4-3-5-10(6-9)18-13-11(14)12(17)15-7-16-13/h3-8H,1-2H3,(H,15,16,17). The van der Waals surface area contributed by atoms with Crippen molar-refractivity contribution in [3.63, 3.8) is 0 Å². The number of hydrogen-bond acceptors (Lipinski definition) is 3. The SMILES string of the molecule is CC(C)c1cccc(Oc2nc[nH]c(=O)c2Br)c1. The molecule has 1 N–H and O–H groups in total. The Hall–Kier alpha value is -1.62. The molecule has 4 nitrogen and oxygen atoms in total. The van der Waals surface area contributed by atoms with E-state index in [0.717, 1.165) is 0 Å². The van der Waals surface area contributed by atoms with Crippen LogP contribution in [0.15, 0.2) is 39.9 Å². The predicted octanol–water partition coefficient (Wildman–Crippen LogP) is 3.45. The van der Waals surface area contributed by atoms with Gasteiger partial charge in [0.2, 0.25) is 5.88 Å². The lowest BCUT2D eigenvalue weighted by atomic mass is 10.0. The third-order valence-corrected chi connectivity index (χ3v) is 3.20. The molecule has 0 aliphatic rings. The molecule has 5 heteroatoms. The molecule has 1 heterocycles. The average molecular weight is 309 g/mol. The summed E-state index contributed by atoms with van der Waals surface area (Å²) in [6, 6.07) is 7.74. The molecule has 0 fully saturated rings. The Bertz CT molecular complexity index is 608. The molecule has 0 radical (unpaired) electrons. The molecular formula is C13H13BrN2O2. The van der Waals surface area contributed by atoms with Crippen molar-refractivity contribution < 1.29 is 4.74 Å². The van der Waals surface area contributed by atoms with Crippen LogP contribution in [0.4, 0.5) is 0 Å². The number of halogens is 1. The van der Waals surface area contributed by atoms with E-state index >= 15 is 0 Å². The third kappa shape index (κ3) is 2.79. The number of hydrogen-bond donors (Lipinski definition) is 1. The van der Waals surface area contributed by atoms with Crippen molar-refractivity contribution in [2.45, 2.75) is 19.8 Å². The molecule has 18 heavy (non-hydrogen) atoms. The number of aromatic nitrogens is 2. The van der Waals surface area contributed by atoms with Crippen LogP contribution in [0.1, 0.15) is 25.3 Å². The van der Waals surface area contributed by atoms with Gasteiger partial charge in [0.15, 0.2) is 0 Å². The minimum Gasteiger partial charge on any atom is -0.438 e. The third-order valence-electron chi connectivity index (χ3n) is 2.50. The first-order valence-corrected chi connectivity index (χ1v) is 6.38. The Kier molecular flexibility index (Phi) is 3.81. The minimum absolute atomic E-state index is 0.264. The van der Waals surface area contributed by atoms with Crippen LogP contribution in [0.5, 0.6) is 11.6 Å². The van der Waals surface area contributed by atoms with Crippen molar-refractivity contribution in [1.82, 2.24) is 9.97 Å². The van der Waals surface area contributed by atoms with Gasteiger partial charge in [0, 0.05) is 0 Å². The van der Waals surface area contributed by atoms with Crippen LogP contribution in [0.3, 0.4) is 0 Å². The van der Waals surface area contributed by atoms with Crippen molar-refractivity contribution in [2.24, 2.45) is 0 Å². The zero-order chi connectivity index (χ0) is 13.1. The smallest absolute Gasteiger partial charge is 0.268 e. The van der Waals surface area contributed by atoms with E-state index in [9.17, 15) is 4.79 Å². The van der Waals surface area contributed by atoms with Crippen molar-refractivity contribution in [1.29, 1.82) is 0 Å². The molecule has 0 aliphatic heterocycles. The minimum atomic E-state index is -0.264. The van der Waals surface area contributed by atoms with Gasteiger partial charge in [-0.15, -0.1) is 0 Å². The summed E-state index contributed by atoms with van der Waals surface area (Å²) in [7, 11) is 0. The lowest BCUT2D eigenvalue weighted by Gasteiger charge is -2.09. The van der Waals surface area contributed by atoms with Gasteiger partial charge in [0.25, 0.3) is 5.56 Å². The van der Waals surface area contributed by atoms with Crippen LogP contribution >= 0.6 is 15.9 Å². The molecule has 2 rings (SSSR count). The highest BCUT2D eigenvalue weighted by Gasteiger charge is 2.08. The van der Waals surface area contributed by atoms with Crippen LogP contribution in [0.2, 0.25) is 0 Å². The summed E-state index contributed by atoms with van der Waals surface area (Å²) in [6.07, 6.45) is 1.31. The van der Waals surface area contributed by atoms with Gasteiger partial charge in [0.1, 0.15) is 10.2 Å². The number of rotatable bonds is 3. The van der Waals surface area contributed by atoms with E-state index in [-0.39, 0.29) is 11.4 Å². The largest absolute Gasteiger partial charge is 0.438 e. The van der Waals surface area contributed by atoms with Gasteiger partial charge in [0.05, 0.1) is 6.33 Å². The molecule has 0 aliphatic carbocycles. The first kappa shape index (κ1) is 12.8. The second-order valence-corrected chi connectivity index (χ2v) is 4.97. The molecule has 0 saturated heterocycles. The van der Waals surface area contributed by atoms with Crippen molar-refractivity contribution in [3.8, 4) is 11.6 Å². The normalized spacial score (nSPS) is 10.7.